The third-order valence-electron chi connectivity index (χ3n) is 8.24. The van der Waals surface area contributed by atoms with Crippen LogP contribution < -0.4 is 0 Å². The predicted molar refractivity (Wildman–Crippen MR) is 90.1 cm³/mol. The standard InChI is InChI=1S/C20H30O4/c1-19-8-6-15-14-5-3-13(22)10-12(14)2-4-16(15)17(19)7-9-20(19,24)18(23)11-21/h10,14-18,21,23-24H,2-9,11H2,1H3/t14-,15+,16+,17-,18+,19-,20-/m0/s1. The van der Waals surface area contributed by atoms with Crippen LogP contribution in [0, 0.1) is 29.1 Å². The summed E-state index contributed by atoms with van der Waals surface area (Å²) in [6, 6.07) is 0. The highest BCUT2D eigenvalue weighted by molar-refractivity contribution is 5.91. The first-order chi connectivity index (χ1) is 11.4. The second-order valence-corrected chi connectivity index (χ2v) is 8.92. The topological polar surface area (TPSA) is 77.8 Å². The Morgan fingerprint density at radius 3 is 2.71 bits per heavy atom. The number of carbonyl (C=O) groups is 1. The zero-order valence-corrected chi connectivity index (χ0v) is 14.6. The summed E-state index contributed by atoms with van der Waals surface area (Å²) in [6.07, 6.45) is 8.18. The zero-order valence-electron chi connectivity index (χ0n) is 14.6. The van der Waals surface area contributed by atoms with Crippen LogP contribution in [0.1, 0.15) is 58.3 Å². The van der Waals surface area contributed by atoms with Crippen molar-refractivity contribution in [1.82, 2.24) is 0 Å². The summed E-state index contributed by atoms with van der Waals surface area (Å²) in [6.45, 7) is 1.76. The molecule has 0 radical (unpaired) electrons. The second-order valence-electron chi connectivity index (χ2n) is 8.92. The molecule has 0 aromatic heterocycles. The number of ketones is 1. The van der Waals surface area contributed by atoms with Gasteiger partial charge in [-0.2, -0.15) is 0 Å². The van der Waals surface area contributed by atoms with Gasteiger partial charge in [0.15, 0.2) is 5.78 Å². The van der Waals surface area contributed by atoms with Crippen molar-refractivity contribution in [2.75, 3.05) is 6.61 Å². The molecule has 3 saturated carbocycles. The van der Waals surface area contributed by atoms with Crippen molar-refractivity contribution in [2.24, 2.45) is 29.1 Å². The fourth-order valence-corrected chi connectivity index (χ4v) is 6.93. The van der Waals surface area contributed by atoms with Crippen LogP contribution in [-0.2, 0) is 4.79 Å². The van der Waals surface area contributed by atoms with Crippen molar-refractivity contribution in [3.05, 3.63) is 11.6 Å². The SMILES string of the molecule is C[C@]12CC[C@H]3[C@@H](CCC4=CC(=O)CC[C@@H]43)[C@@H]1CC[C@]2(O)[C@H](O)CO. The van der Waals surface area contributed by atoms with Crippen LogP contribution in [0.4, 0.5) is 0 Å². The van der Waals surface area contributed by atoms with Gasteiger partial charge in [0.1, 0.15) is 6.10 Å². The minimum absolute atomic E-state index is 0.293. The lowest BCUT2D eigenvalue weighted by Gasteiger charge is -2.56. The molecule has 4 rings (SSSR count). The average molecular weight is 334 g/mol. The molecule has 0 aromatic rings. The van der Waals surface area contributed by atoms with Gasteiger partial charge in [0.2, 0.25) is 0 Å². The Morgan fingerprint density at radius 2 is 1.96 bits per heavy atom. The molecule has 134 valence electrons. The minimum Gasteiger partial charge on any atom is -0.394 e. The Balaban J connectivity index is 1.62. The minimum atomic E-state index is -1.16. The summed E-state index contributed by atoms with van der Waals surface area (Å²) in [7, 11) is 0. The third-order valence-corrected chi connectivity index (χ3v) is 8.24. The summed E-state index contributed by atoms with van der Waals surface area (Å²) >= 11 is 0. The Kier molecular flexibility index (Phi) is 3.94. The lowest BCUT2D eigenvalue weighted by Crippen LogP contribution is -2.58. The van der Waals surface area contributed by atoms with Gasteiger partial charge >= 0.3 is 0 Å². The van der Waals surface area contributed by atoms with Gasteiger partial charge in [-0.1, -0.05) is 12.5 Å². The van der Waals surface area contributed by atoms with Crippen LogP contribution in [0.15, 0.2) is 11.6 Å². The molecule has 0 amide bonds. The van der Waals surface area contributed by atoms with Crippen LogP contribution in [0.2, 0.25) is 0 Å². The maximum Gasteiger partial charge on any atom is 0.155 e. The molecule has 4 aliphatic rings. The molecule has 0 bridgehead atoms. The monoisotopic (exact) mass is 334 g/mol. The molecule has 7 atom stereocenters. The first-order valence-corrected chi connectivity index (χ1v) is 9.65. The molecule has 0 spiro atoms. The molecule has 4 heteroatoms. The fourth-order valence-electron chi connectivity index (χ4n) is 6.93. The molecule has 4 nitrogen and oxygen atoms in total. The fraction of sp³-hybridized carbons (Fsp3) is 0.850. The largest absolute Gasteiger partial charge is 0.394 e. The van der Waals surface area contributed by atoms with E-state index in [0.717, 1.165) is 38.5 Å². The molecular formula is C20H30O4. The number of carbonyl (C=O) groups excluding carboxylic acids is 1. The Labute approximate surface area is 144 Å². The van der Waals surface area contributed by atoms with Gasteiger partial charge in [-0.05, 0) is 74.7 Å². The van der Waals surface area contributed by atoms with Crippen molar-refractivity contribution in [2.45, 2.75) is 70.0 Å². The molecule has 0 aliphatic heterocycles. The van der Waals surface area contributed by atoms with E-state index in [1.54, 1.807) is 0 Å². The van der Waals surface area contributed by atoms with Gasteiger partial charge in [0.05, 0.1) is 12.2 Å². The number of rotatable bonds is 2. The molecular weight excluding hydrogens is 304 g/mol. The number of aliphatic hydroxyl groups excluding tert-OH is 2. The quantitative estimate of drug-likeness (QED) is 0.723. The Bertz CT molecular complexity index is 570. The number of hydrogen-bond acceptors (Lipinski definition) is 4. The van der Waals surface area contributed by atoms with E-state index in [1.807, 2.05) is 6.08 Å². The highest BCUT2D eigenvalue weighted by atomic mass is 16.4. The van der Waals surface area contributed by atoms with Gasteiger partial charge in [0, 0.05) is 11.8 Å². The van der Waals surface area contributed by atoms with E-state index in [1.165, 1.54) is 5.57 Å². The molecule has 0 saturated heterocycles. The van der Waals surface area contributed by atoms with Crippen LogP contribution in [0.5, 0.6) is 0 Å². The first-order valence-electron chi connectivity index (χ1n) is 9.65. The normalized spacial score (nSPS) is 49.0. The summed E-state index contributed by atoms with van der Waals surface area (Å²) in [5.74, 6) is 2.48. The van der Waals surface area contributed by atoms with Gasteiger partial charge < -0.3 is 15.3 Å². The smallest absolute Gasteiger partial charge is 0.155 e. The van der Waals surface area contributed by atoms with E-state index in [4.69, 9.17) is 0 Å². The molecule has 3 fully saturated rings. The number of fused-ring (bicyclic) bond motifs is 5. The Hall–Kier alpha value is -0.710. The van der Waals surface area contributed by atoms with E-state index < -0.39 is 11.7 Å². The molecule has 0 heterocycles. The van der Waals surface area contributed by atoms with E-state index in [0.29, 0.717) is 42.3 Å². The lowest BCUT2D eigenvalue weighted by atomic mass is 9.50. The third kappa shape index (κ3) is 2.12. The second kappa shape index (κ2) is 5.65. The highest BCUT2D eigenvalue weighted by Gasteiger charge is 2.64. The molecule has 0 unspecified atom stereocenters. The molecule has 0 aromatic carbocycles. The van der Waals surface area contributed by atoms with Crippen molar-refractivity contribution in [1.29, 1.82) is 0 Å². The van der Waals surface area contributed by atoms with Crippen LogP contribution in [0.3, 0.4) is 0 Å². The van der Waals surface area contributed by atoms with Gasteiger partial charge in [-0.15, -0.1) is 0 Å². The van der Waals surface area contributed by atoms with Crippen molar-refractivity contribution < 1.29 is 20.1 Å². The van der Waals surface area contributed by atoms with Gasteiger partial charge in [-0.25, -0.2) is 0 Å². The molecule has 3 N–H and O–H groups in total. The highest BCUT2D eigenvalue weighted by Crippen LogP contribution is 2.65. The van der Waals surface area contributed by atoms with Crippen LogP contribution in [-0.4, -0.2) is 39.4 Å². The van der Waals surface area contributed by atoms with Crippen molar-refractivity contribution in [3.8, 4) is 0 Å². The van der Waals surface area contributed by atoms with Crippen LogP contribution >= 0.6 is 0 Å². The summed E-state index contributed by atoms with van der Waals surface area (Å²) < 4.78 is 0. The number of aliphatic hydroxyl groups is 3. The van der Waals surface area contributed by atoms with E-state index >= 15 is 0 Å². The summed E-state index contributed by atoms with van der Waals surface area (Å²) in [4.78, 5) is 11.7. The lowest BCUT2D eigenvalue weighted by molar-refractivity contribution is -0.180. The van der Waals surface area contributed by atoms with Gasteiger partial charge in [-0.3, -0.25) is 4.79 Å². The first kappa shape index (κ1) is 16.7. The number of hydrogen-bond donors (Lipinski definition) is 3. The molecule has 24 heavy (non-hydrogen) atoms. The average Bonchev–Trinajstić information content (AvgIpc) is 2.86. The maximum absolute atomic E-state index is 11.7. The van der Waals surface area contributed by atoms with Crippen LogP contribution in [0.25, 0.3) is 0 Å². The maximum atomic E-state index is 11.7. The van der Waals surface area contributed by atoms with Gasteiger partial charge in [0.25, 0.3) is 0 Å². The van der Waals surface area contributed by atoms with Crippen molar-refractivity contribution in [3.63, 3.8) is 0 Å². The Morgan fingerprint density at radius 1 is 1.17 bits per heavy atom. The summed E-state index contributed by atoms with van der Waals surface area (Å²) in [5.41, 5.74) is -0.0855. The van der Waals surface area contributed by atoms with E-state index in [9.17, 15) is 20.1 Å². The summed E-state index contributed by atoms with van der Waals surface area (Å²) in [5, 5.41) is 30.9. The van der Waals surface area contributed by atoms with E-state index in [2.05, 4.69) is 6.92 Å². The number of allylic oxidation sites excluding steroid dienone is 1. The molecule has 4 aliphatic carbocycles. The van der Waals surface area contributed by atoms with Crippen molar-refractivity contribution >= 4 is 5.78 Å². The predicted octanol–water partition coefficient (Wildman–Crippen LogP) is 2.21. The zero-order chi connectivity index (χ0) is 17.1. The van der Waals surface area contributed by atoms with E-state index in [-0.39, 0.29) is 12.0 Å².